The molecule has 2 fully saturated rings. The van der Waals surface area contributed by atoms with E-state index in [4.69, 9.17) is 0 Å². The molecule has 98 valence electrons. The Hall–Kier alpha value is -1.20. The van der Waals surface area contributed by atoms with Crippen LogP contribution in [0.15, 0.2) is 18.5 Å². The summed E-state index contributed by atoms with van der Waals surface area (Å²) in [5.41, 5.74) is 0. The Morgan fingerprint density at radius 3 is 2.50 bits per heavy atom. The summed E-state index contributed by atoms with van der Waals surface area (Å²) in [7, 11) is 2.21. The highest BCUT2D eigenvalue weighted by atomic mass is 15.3. The van der Waals surface area contributed by atoms with Crippen molar-refractivity contribution >= 4 is 5.95 Å². The molecule has 3 rings (SSSR count). The fourth-order valence-corrected chi connectivity index (χ4v) is 2.82. The number of aromatic nitrogens is 2. The van der Waals surface area contributed by atoms with Crippen LogP contribution < -0.4 is 5.32 Å². The average molecular weight is 247 g/mol. The van der Waals surface area contributed by atoms with Crippen LogP contribution in [-0.2, 0) is 0 Å². The second-order valence-corrected chi connectivity index (χ2v) is 5.40. The smallest absolute Gasteiger partial charge is 0.222 e. The van der Waals surface area contributed by atoms with Gasteiger partial charge in [-0.2, -0.15) is 0 Å². The molecule has 18 heavy (non-hydrogen) atoms. The van der Waals surface area contributed by atoms with Crippen LogP contribution in [0.3, 0.4) is 0 Å². The number of likely N-dealkylation sites (tertiary alicyclic amines) is 2. The number of anilines is 1. The molecule has 0 radical (unpaired) electrons. The lowest BCUT2D eigenvalue weighted by molar-refractivity contribution is 0.0604. The molecule has 0 saturated carbocycles. The van der Waals surface area contributed by atoms with E-state index in [1.807, 2.05) is 6.07 Å². The summed E-state index contributed by atoms with van der Waals surface area (Å²) in [6, 6.07) is 3.15. The van der Waals surface area contributed by atoms with E-state index in [0.29, 0.717) is 6.04 Å². The molecule has 5 nitrogen and oxygen atoms in total. The lowest BCUT2D eigenvalue weighted by Crippen LogP contribution is -2.60. The minimum Gasteiger partial charge on any atom is -0.349 e. The van der Waals surface area contributed by atoms with Crippen LogP contribution >= 0.6 is 0 Å². The maximum absolute atomic E-state index is 4.20. The Morgan fingerprint density at radius 2 is 1.83 bits per heavy atom. The molecule has 0 aliphatic carbocycles. The van der Waals surface area contributed by atoms with Gasteiger partial charge in [0.15, 0.2) is 0 Å². The predicted octanol–water partition coefficient (Wildman–Crippen LogP) is 0.667. The molecule has 1 aromatic heterocycles. The fraction of sp³-hybridized carbons (Fsp3) is 0.692. The molecule has 0 atom stereocenters. The van der Waals surface area contributed by atoms with E-state index >= 15 is 0 Å². The SMILES string of the molecule is CN1CCC(N2CC(Nc3ncccn3)C2)CC1. The second kappa shape index (κ2) is 5.20. The molecular formula is C13H21N5. The van der Waals surface area contributed by atoms with Gasteiger partial charge in [-0.3, -0.25) is 4.90 Å². The molecule has 1 N–H and O–H groups in total. The molecule has 2 aliphatic heterocycles. The number of nitrogens with one attached hydrogen (secondary N) is 1. The number of rotatable bonds is 3. The molecule has 0 spiro atoms. The Morgan fingerprint density at radius 1 is 1.17 bits per heavy atom. The highest BCUT2D eigenvalue weighted by molar-refractivity contribution is 5.26. The quantitative estimate of drug-likeness (QED) is 0.850. The summed E-state index contributed by atoms with van der Waals surface area (Å²) in [5.74, 6) is 0.755. The van der Waals surface area contributed by atoms with Crippen LogP contribution in [0.4, 0.5) is 5.95 Å². The molecule has 0 aromatic carbocycles. The largest absolute Gasteiger partial charge is 0.349 e. The first kappa shape index (κ1) is 11.9. The van der Waals surface area contributed by atoms with Gasteiger partial charge >= 0.3 is 0 Å². The summed E-state index contributed by atoms with van der Waals surface area (Å²) in [6.07, 6.45) is 6.18. The second-order valence-electron chi connectivity index (χ2n) is 5.40. The van der Waals surface area contributed by atoms with E-state index in [1.165, 1.54) is 25.9 Å². The Balaban J connectivity index is 1.43. The van der Waals surface area contributed by atoms with Crippen molar-refractivity contribution in [3.8, 4) is 0 Å². The van der Waals surface area contributed by atoms with Gasteiger partial charge in [0.25, 0.3) is 0 Å². The first-order chi connectivity index (χ1) is 8.81. The van der Waals surface area contributed by atoms with Crippen LogP contribution in [-0.4, -0.2) is 65.1 Å². The first-order valence-corrected chi connectivity index (χ1v) is 6.77. The minimum absolute atomic E-state index is 0.520. The topological polar surface area (TPSA) is 44.3 Å². The van der Waals surface area contributed by atoms with Crippen molar-refractivity contribution in [2.45, 2.75) is 24.9 Å². The van der Waals surface area contributed by atoms with Crippen LogP contribution in [0.5, 0.6) is 0 Å². The fourth-order valence-electron chi connectivity index (χ4n) is 2.82. The molecule has 1 aromatic rings. The van der Waals surface area contributed by atoms with Gasteiger partial charge in [-0.15, -0.1) is 0 Å². The Labute approximate surface area is 108 Å². The van der Waals surface area contributed by atoms with E-state index in [-0.39, 0.29) is 0 Å². The van der Waals surface area contributed by atoms with Crippen molar-refractivity contribution in [1.29, 1.82) is 0 Å². The van der Waals surface area contributed by atoms with Crippen LogP contribution in [0.25, 0.3) is 0 Å². The lowest BCUT2D eigenvalue weighted by atomic mass is 9.98. The van der Waals surface area contributed by atoms with E-state index in [0.717, 1.165) is 25.1 Å². The number of piperidine rings is 1. The van der Waals surface area contributed by atoms with Gasteiger partial charge in [-0.25, -0.2) is 9.97 Å². The Kier molecular flexibility index (Phi) is 3.43. The normalized spacial score (nSPS) is 23.8. The third kappa shape index (κ3) is 2.62. The van der Waals surface area contributed by atoms with Crippen molar-refractivity contribution in [2.24, 2.45) is 0 Å². The zero-order valence-electron chi connectivity index (χ0n) is 10.9. The summed E-state index contributed by atoms with van der Waals surface area (Å²) >= 11 is 0. The zero-order chi connectivity index (χ0) is 12.4. The number of hydrogen-bond acceptors (Lipinski definition) is 5. The molecule has 2 saturated heterocycles. The molecule has 0 bridgehead atoms. The van der Waals surface area contributed by atoms with E-state index in [1.54, 1.807) is 12.4 Å². The van der Waals surface area contributed by atoms with Crippen molar-refractivity contribution in [3.05, 3.63) is 18.5 Å². The molecular weight excluding hydrogens is 226 g/mol. The number of nitrogens with zero attached hydrogens (tertiary/aromatic N) is 4. The third-order valence-electron chi connectivity index (χ3n) is 4.01. The van der Waals surface area contributed by atoms with E-state index in [2.05, 4.69) is 32.1 Å². The first-order valence-electron chi connectivity index (χ1n) is 6.77. The molecule has 5 heteroatoms. The van der Waals surface area contributed by atoms with Gasteiger partial charge in [0.05, 0.1) is 6.04 Å². The van der Waals surface area contributed by atoms with Crippen molar-refractivity contribution < 1.29 is 0 Å². The van der Waals surface area contributed by atoms with E-state index < -0.39 is 0 Å². The maximum Gasteiger partial charge on any atom is 0.222 e. The monoisotopic (exact) mass is 247 g/mol. The van der Waals surface area contributed by atoms with Crippen LogP contribution in [0.1, 0.15) is 12.8 Å². The summed E-state index contributed by atoms with van der Waals surface area (Å²) < 4.78 is 0. The molecule has 0 amide bonds. The molecule has 3 heterocycles. The summed E-state index contributed by atoms with van der Waals surface area (Å²) in [4.78, 5) is 13.4. The van der Waals surface area contributed by atoms with Crippen molar-refractivity contribution in [2.75, 3.05) is 38.5 Å². The maximum atomic E-state index is 4.20. The van der Waals surface area contributed by atoms with Crippen molar-refractivity contribution in [3.63, 3.8) is 0 Å². The van der Waals surface area contributed by atoms with E-state index in [9.17, 15) is 0 Å². The highest BCUT2D eigenvalue weighted by Gasteiger charge is 2.33. The number of hydrogen-bond donors (Lipinski definition) is 1. The average Bonchev–Trinajstić information content (AvgIpc) is 2.36. The summed E-state index contributed by atoms with van der Waals surface area (Å²) in [5, 5.41) is 3.38. The van der Waals surface area contributed by atoms with Gasteiger partial charge in [0.2, 0.25) is 5.95 Å². The van der Waals surface area contributed by atoms with Gasteiger partial charge in [0.1, 0.15) is 0 Å². The zero-order valence-corrected chi connectivity index (χ0v) is 10.9. The van der Waals surface area contributed by atoms with Gasteiger partial charge < -0.3 is 10.2 Å². The van der Waals surface area contributed by atoms with Gasteiger partial charge in [-0.05, 0) is 39.0 Å². The van der Waals surface area contributed by atoms with Crippen molar-refractivity contribution in [1.82, 2.24) is 19.8 Å². The standard InChI is InChI=1S/C13H21N5/c1-17-7-3-12(4-8-17)18-9-11(10-18)16-13-14-5-2-6-15-13/h2,5-6,11-12H,3-4,7-10H2,1H3,(H,14,15,16). The van der Waals surface area contributed by atoms with Crippen LogP contribution in [0, 0.1) is 0 Å². The van der Waals surface area contributed by atoms with Crippen LogP contribution in [0.2, 0.25) is 0 Å². The van der Waals surface area contributed by atoms with Gasteiger partial charge in [0, 0.05) is 31.5 Å². The predicted molar refractivity (Wildman–Crippen MR) is 71.5 cm³/mol. The Bertz CT molecular complexity index is 368. The minimum atomic E-state index is 0.520. The summed E-state index contributed by atoms with van der Waals surface area (Å²) in [6.45, 7) is 4.74. The molecule has 0 unspecified atom stereocenters. The third-order valence-corrected chi connectivity index (χ3v) is 4.01. The highest BCUT2D eigenvalue weighted by Crippen LogP contribution is 2.22. The van der Waals surface area contributed by atoms with Gasteiger partial charge in [-0.1, -0.05) is 0 Å². The molecule has 2 aliphatic rings. The lowest BCUT2D eigenvalue weighted by Gasteiger charge is -2.46.